The minimum absolute atomic E-state index is 0.105. The number of phenolic OH excluding ortho intramolecular Hbond substituents is 1. The number of benzene rings is 2. The van der Waals surface area contributed by atoms with Crippen molar-refractivity contribution in [3.63, 3.8) is 0 Å². The lowest BCUT2D eigenvalue weighted by Crippen LogP contribution is -1.89. The van der Waals surface area contributed by atoms with E-state index in [9.17, 15) is 5.11 Å². The van der Waals surface area contributed by atoms with Crippen LogP contribution in [-0.4, -0.2) is 11.3 Å². The lowest BCUT2D eigenvalue weighted by Gasteiger charge is -2.03. The average molecular weight is 296 g/mol. The first kappa shape index (κ1) is 13.7. The van der Waals surface area contributed by atoms with E-state index < -0.39 is 0 Å². The van der Waals surface area contributed by atoms with Crippen LogP contribution >= 0.6 is 23.2 Å². The molecule has 2 aromatic rings. The van der Waals surface area contributed by atoms with Crippen LogP contribution in [0.2, 0.25) is 10.0 Å². The molecule has 0 unspecified atom stereocenters. The zero-order valence-corrected chi connectivity index (χ0v) is 11.4. The molecular formula is C14H11Cl2NO2. The van der Waals surface area contributed by atoms with Crippen molar-refractivity contribution in [2.45, 2.75) is 6.61 Å². The summed E-state index contributed by atoms with van der Waals surface area (Å²) >= 11 is 11.6. The van der Waals surface area contributed by atoms with Gasteiger partial charge >= 0.3 is 0 Å². The van der Waals surface area contributed by atoms with E-state index in [1.54, 1.807) is 12.1 Å². The minimum Gasteiger partial charge on any atom is -0.506 e. The summed E-state index contributed by atoms with van der Waals surface area (Å²) in [6, 6.07) is 12.8. The summed E-state index contributed by atoms with van der Waals surface area (Å²) in [6.07, 6.45) is 1.39. The lowest BCUT2D eigenvalue weighted by atomic mass is 10.2. The van der Waals surface area contributed by atoms with Crippen LogP contribution in [0.25, 0.3) is 0 Å². The van der Waals surface area contributed by atoms with E-state index in [-0.39, 0.29) is 10.8 Å². The van der Waals surface area contributed by atoms with Crippen molar-refractivity contribution >= 4 is 29.4 Å². The van der Waals surface area contributed by atoms with Gasteiger partial charge in [0.25, 0.3) is 0 Å². The first-order valence-corrected chi connectivity index (χ1v) is 6.30. The molecule has 0 fully saturated rings. The van der Waals surface area contributed by atoms with E-state index in [0.717, 1.165) is 5.56 Å². The van der Waals surface area contributed by atoms with Crippen LogP contribution in [0.3, 0.4) is 0 Å². The van der Waals surface area contributed by atoms with Crippen molar-refractivity contribution in [3.8, 4) is 5.75 Å². The molecule has 1 N–H and O–H groups in total. The third-order valence-electron chi connectivity index (χ3n) is 2.44. The van der Waals surface area contributed by atoms with Crippen molar-refractivity contribution in [2.24, 2.45) is 5.16 Å². The number of halogens is 2. The Morgan fingerprint density at radius 2 is 1.84 bits per heavy atom. The predicted octanol–water partition coefficient (Wildman–Crippen LogP) is 4.25. The topological polar surface area (TPSA) is 41.8 Å². The molecule has 0 atom stereocenters. The fourth-order valence-electron chi connectivity index (χ4n) is 1.44. The summed E-state index contributed by atoms with van der Waals surface area (Å²) in [5.74, 6) is -0.110. The summed E-state index contributed by atoms with van der Waals surface area (Å²) in [5.41, 5.74) is 1.46. The summed E-state index contributed by atoms with van der Waals surface area (Å²) in [5, 5.41) is 13.9. The SMILES string of the molecule is Oc1c(/C=N/OCc2ccccc2)ccc(Cl)c1Cl. The molecule has 0 aromatic heterocycles. The number of hydrogen-bond acceptors (Lipinski definition) is 3. The minimum atomic E-state index is -0.110. The molecule has 3 nitrogen and oxygen atoms in total. The first-order valence-electron chi connectivity index (χ1n) is 5.54. The lowest BCUT2D eigenvalue weighted by molar-refractivity contribution is 0.132. The van der Waals surface area contributed by atoms with Crippen molar-refractivity contribution in [2.75, 3.05) is 0 Å². The highest BCUT2D eigenvalue weighted by molar-refractivity contribution is 6.43. The number of phenols is 1. The molecular weight excluding hydrogens is 285 g/mol. The van der Waals surface area contributed by atoms with Gasteiger partial charge in [-0.05, 0) is 17.7 Å². The second kappa shape index (κ2) is 6.45. The van der Waals surface area contributed by atoms with Crippen molar-refractivity contribution in [3.05, 3.63) is 63.6 Å². The molecule has 0 heterocycles. The Balaban J connectivity index is 1.98. The molecule has 0 aliphatic rings. The molecule has 0 aliphatic heterocycles. The zero-order chi connectivity index (χ0) is 13.7. The third kappa shape index (κ3) is 3.63. The first-order chi connectivity index (χ1) is 9.18. The fourth-order valence-corrected chi connectivity index (χ4v) is 1.76. The fraction of sp³-hybridized carbons (Fsp3) is 0.0714. The van der Waals surface area contributed by atoms with Crippen LogP contribution in [0.1, 0.15) is 11.1 Å². The normalized spacial score (nSPS) is 10.8. The molecule has 2 aromatic carbocycles. The van der Waals surface area contributed by atoms with Crippen molar-refractivity contribution in [1.29, 1.82) is 0 Å². The highest BCUT2D eigenvalue weighted by Gasteiger charge is 2.07. The van der Waals surface area contributed by atoms with Gasteiger partial charge in [0.15, 0.2) is 0 Å². The van der Waals surface area contributed by atoms with E-state index in [1.165, 1.54) is 6.21 Å². The summed E-state index contributed by atoms with van der Waals surface area (Å²) in [7, 11) is 0. The van der Waals surface area contributed by atoms with Crippen molar-refractivity contribution in [1.82, 2.24) is 0 Å². The second-order valence-electron chi connectivity index (χ2n) is 3.79. The van der Waals surface area contributed by atoms with E-state index >= 15 is 0 Å². The van der Waals surface area contributed by atoms with Crippen LogP contribution in [-0.2, 0) is 11.4 Å². The van der Waals surface area contributed by atoms with Gasteiger partial charge in [0.1, 0.15) is 17.4 Å². The predicted molar refractivity (Wildman–Crippen MR) is 77.0 cm³/mol. The average Bonchev–Trinajstić information content (AvgIpc) is 2.44. The Hall–Kier alpha value is -1.71. The van der Waals surface area contributed by atoms with Crippen LogP contribution in [0.5, 0.6) is 5.75 Å². The van der Waals surface area contributed by atoms with Gasteiger partial charge in [-0.25, -0.2) is 0 Å². The summed E-state index contributed by atoms with van der Waals surface area (Å²) < 4.78 is 0. The van der Waals surface area contributed by atoms with Gasteiger partial charge in [0.2, 0.25) is 0 Å². The molecule has 0 radical (unpaired) electrons. The number of hydrogen-bond donors (Lipinski definition) is 1. The summed E-state index contributed by atoms with van der Waals surface area (Å²) in [4.78, 5) is 5.13. The van der Waals surface area contributed by atoms with E-state index in [2.05, 4.69) is 5.16 Å². The molecule has 5 heteroatoms. The zero-order valence-electron chi connectivity index (χ0n) is 9.88. The molecule has 0 bridgehead atoms. The molecule has 0 aliphatic carbocycles. The van der Waals surface area contributed by atoms with E-state index in [4.69, 9.17) is 28.0 Å². The Labute approximate surface area is 121 Å². The van der Waals surface area contributed by atoms with Gasteiger partial charge in [-0.15, -0.1) is 0 Å². The molecule has 0 spiro atoms. The highest BCUT2D eigenvalue weighted by Crippen LogP contribution is 2.33. The van der Waals surface area contributed by atoms with E-state index in [0.29, 0.717) is 17.2 Å². The Morgan fingerprint density at radius 3 is 2.58 bits per heavy atom. The maximum Gasteiger partial charge on any atom is 0.144 e. The van der Waals surface area contributed by atoms with Gasteiger partial charge in [-0.2, -0.15) is 0 Å². The Bertz CT molecular complexity index is 585. The smallest absolute Gasteiger partial charge is 0.144 e. The van der Waals surface area contributed by atoms with E-state index in [1.807, 2.05) is 30.3 Å². The van der Waals surface area contributed by atoms with Crippen molar-refractivity contribution < 1.29 is 9.94 Å². The van der Waals surface area contributed by atoms with Gasteiger partial charge in [0.05, 0.1) is 11.2 Å². The van der Waals surface area contributed by atoms with Crippen LogP contribution in [0, 0.1) is 0 Å². The highest BCUT2D eigenvalue weighted by atomic mass is 35.5. The monoisotopic (exact) mass is 295 g/mol. The number of rotatable bonds is 4. The maximum atomic E-state index is 9.73. The number of aromatic hydroxyl groups is 1. The van der Waals surface area contributed by atoms with Gasteiger partial charge in [-0.3, -0.25) is 0 Å². The molecule has 19 heavy (non-hydrogen) atoms. The third-order valence-corrected chi connectivity index (χ3v) is 3.23. The maximum absolute atomic E-state index is 9.73. The molecule has 0 saturated heterocycles. The standard InChI is InChI=1S/C14H11Cl2NO2/c15-12-7-6-11(14(18)13(12)16)8-17-19-9-10-4-2-1-3-5-10/h1-8,18H,9H2/b17-8+. The van der Waals surface area contributed by atoms with Gasteiger partial charge < -0.3 is 9.94 Å². The van der Waals surface area contributed by atoms with Gasteiger partial charge in [0, 0.05) is 5.56 Å². The molecule has 0 amide bonds. The van der Waals surface area contributed by atoms with Gasteiger partial charge in [-0.1, -0.05) is 58.7 Å². The Kier molecular flexibility index (Phi) is 4.66. The largest absolute Gasteiger partial charge is 0.506 e. The van der Waals surface area contributed by atoms with Crippen LogP contribution < -0.4 is 0 Å². The quantitative estimate of drug-likeness (QED) is 0.677. The molecule has 2 rings (SSSR count). The number of oxime groups is 1. The Morgan fingerprint density at radius 1 is 1.11 bits per heavy atom. The molecule has 0 saturated carbocycles. The number of nitrogens with zero attached hydrogens (tertiary/aromatic N) is 1. The van der Waals surface area contributed by atoms with Crippen LogP contribution in [0.4, 0.5) is 0 Å². The second-order valence-corrected chi connectivity index (χ2v) is 4.58. The summed E-state index contributed by atoms with van der Waals surface area (Å²) in [6.45, 7) is 0.361. The van der Waals surface area contributed by atoms with Crippen LogP contribution in [0.15, 0.2) is 47.6 Å². The molecule has 98 valence electrons.